The maximum atomic E-state index is 12.7. The smallest absolute Gasteiger partial charge is 0.227 e. The number of nitrogens with zero attached hydrogens (tertiary/aromatic N) is 1. The number of hydrogen-bond acceptors (Lipinski definition) is 4. The van der Waals surface area contributed by atoms with Crippen LogP contribution in [0.3, 0.4) is 0 Å². The normalized spacial score (nSPS) is 13.9. The second-order valence-corrected chi connectivity index (χ2v) is 9.60. The first kappa shape index (κ1) is 21.0. The Labute approximate surface area is 175 Å². The molecule has 0 bridgehead atoms. The first-order valence-electron chi connectivity index (χ1n) is 8.97. The maximum Gasteiger partial charge on any atom is 0.227 e. The van der Waals surface area contributed by atoms with Crippen molar-refractivity contribution in [1.29, 1.82) is 0 Å². The summed E-state index contributed by atoms with van der Waals surface area (Å²) in [6, 6.07) is 9.98. The zero-order chi connectivity index (χ0) is 20.3. The van der Waals surface area contributed by atoms with E-state index in [1.807, 2.05) is 0 Å². The Morgan fingerprint density at radius 1 is 1.18 bits per heavy atom. The minimum absolute atomic E-state index is 0.00106. The number of amides is 1. The van der Waals surface area contributed by atoms with Crippen molar-refractivity contribution in [2.45, 2.75) is 30.6 Å². The minimum Gasteiger partial charge on any atom is -0.492 e. The number of carbonyl (C=O) groups is 1. The minimum atomic E-state index is -3.26. The van der Waals surface area contributed by atoms with Gasteiger partial charge in [-0.1, -0.05) is 23.2 Å². The van der Waals surface area contributed by atoms with Gasteiger partial charge in [-0.25, -0.2) is 8.42 Å². The maximum absolute atomic E-state index is 12.7. The van der Waals surface area contributed by atoms with Crippen LogP contribution in [0.1, 0.15) is 24.8 Å². The van der Waals surface area contributed by atoms with E-state index in [9.17, 15) is 13.2 Å². The van der Waals surface area contributed by atoms with E-state index in [0.29, 0.717) is 41.8 Å². The van der Waals surface area contributed by atoms with Crippen LogP contribution in [0, 0.1) is 0 Å². The Balaban J connectivity index is 1.60. The third-order valence-electron chi connectivity index (χ3n) is 4.59. The van der Waals surface area contributed by atoms with Gasteiger partial charge in [0.15, 0.2) is 9.84 Å². The molecule has 0 spiro atoms. The van der Waals surface area contributed by atoms with Crippen molar-refractivity contribution in [3.8, 4) is 5.75 Å². The Kier molecular flexibility index (Phi) is 6.53. The van der Waals surface area contributed by atoms with Gasteiger partial charge in [0.05, 0.1) is 16.5 Å². The summed E-state index contributed by atoms with van der Waals surface area (Å²) in [4.78, 5) is 14.7. The summed E-state index contributed by atoms with van der Waals surface area (Å²) < 4.78 is 29.1. The highest BCUT2D eigenvalue weighted by Gasteiger charge is 2.23. The number of ether oxygens (including phenoxy) is 1. The molecule has 2 aromatic rings. The number of hydrogen-bond donors (Lipinski definition) is 0. The van der Waals surface area contributed by atoms with E-state index in [2.05, 4.69) is 0 Å². The van der Waals surface area contributed by atoms with Crippen molar-refractivity contribution in [2.24, 2.45) is 0 Å². The van der Waals surface area contributed by atoms with Crippen molar-refractivity contribution in [3.05, 3.63) is 52.0 Å². The van der Waals surface area contributed by atoms with Gasteiger partial charge in [-0.3, -0.25) is 4.79 Å². The molecule has 0 radical (unpaired) electrons. The first-order valence-corrected chi connectivity index (χ1v) is 11.6. The third kappa shape index (κ3) is 4.99. The number of sulfone groups is 1. The van der Waals surface area contributed by atoms with Crippen LogP contribution in [0.25, 0.3) is 0 Å². The summed E-state index contributed by atoms with van der Waals surface area (Å²) in [6.07, 6.45) is 3.64. The molecule has 150 valence electrons. The molecule has 0 unspecified atom stereocenters. The molecule has 8 heteroatoms. The molecule has 0 fully saturated rings. The highest BCUT2D eigenvalue weighted by Crippen LogP contribution is 2.30. The van der Waals surface area contributed by atoms with Crippen LogP contribution >= 0.6 is 23.2 Å². The molecule has 0 aliphatic carbocycles. The van der Waals surface area contributed by atoms with E-state index in [-0.39, 0.29) is 10.8 Å². The number of fused-ring (bicyclic) bond motifs is 1. The predicted octanol–water partition coefficient (Wildman–Crippen LogP) is 4.54. The molecule has 1 heterocycles. The molecule has 5 nitrogen and oxygen atoms in total. The average Bonchev–Trinajstić information content (AvgIpc) is 2.64. The van der Waals surface area contributed by atoms with Crippen LogP contribution in [0.5, 0.6) is 5.75 Å². The monoisotopic (exact) mass is 441 g/mol. The lowest BCUT2D eigenvalue weighted by Gasteiger charge is -2.30. The second-order valence-electron chi connectivity index (χ2n) is 6.74. The largest absolute Gasteiger partial charge is 0.492 e. The van der Waals surface area contributed by atoms with Crippen molar-refractivity contribution in [2.75, 3.05) is 24.3 Å². The van der Waals surface area contributed by atoms with Crippen molar-refractivity contribution >= 4 is 44.6 Å². The SMILES string of the molecule is CS(=O)(=O)c1ccc2c(c1)CCCN2C(=O)CCCOc1ccc(Cl)cc1Cl. The van der Waals surface area contributed by atoms with Gasteiger partial charge >= 0.3 is 0 Å². The fraction of sp³-hybridized carbons (Fsp3) is 0.350. The van der Waals surface area contributed by atoms with Gasteiger partial charge in [0.2, 0.25) is 5.91 Å². The van der Waals surface area contributed by atoms with Crippen LogP contribution in [-0.2, 0) is 21.1 Å². The van der Waals surface area contributed by atoms with E-state index in [0.717, 1.165) is 24.1 Å². The predicted molar refractivity (Wildman–Crippen MR) is 111 cm³/mol. The van der Waals surface area contributed by atoms with E-state index in [1.54, 1.807) is 41.3 Å². The summed E-state index contributed by atoms with van der Waals surface area (Å²) in [5.41, 5.74) is 1.69. The van der Waals surface area contributed by atoms with Crippen molar-refractivity contribution in [3.63, 3.8) is 0 Å². The molecule has 28 heavy (non-hydrogen) atoms. The van der Waals surface area contributed by atoms with Gasteiger partial charge in [-0.05, 0) is 61.2 Å². The van der Waals surface area contributed by atoms with Crippen LogP contribution in [0.15, 0.2) is 41.3 Å². The molecular formula is C20H21Cl2NO4S. The van der Waals surface area contributed by atoms with Crippen LogP contribution in [0.2, 0.25) is 10.0 Å². The summed E-state index contributed by atoms with van der Waals surface area (Å²) in [7, 11) is -3.26. The van der Waals surface area contributed by atoms with E-state index < -0.39 is 9.84 Å². The topological polar surface area (TPSA) is 63.7 Å². The summed E-state index contributed by atoms with van der Waals surface area (Å²) in [6.45, 7) is 0.995. The van der Waals surface area contributed by atoms with E-state index in [4.69, 9.17) is 27.9 Å². The molecule has 0 saturated carbocycles. The Morgan fingerprint density at radius 2 is 1.96 bits per heavy atom. The molecule has 0 atom stereocenters. The molecular weight excluding hydrogens is 421 g/mol. The molecule has 0 N–H and O–H groups in total. The van der Waals surface area contributed by atoms with Crippen LogP contribution < -0.4 is 9.64 Å². The average molecular weight is 442 g/mol. The van der Waals surface area contributed by atoms with E-state index >= 15 is 0 Å². The van der Waals surface area contributed by atoms with Gasteiger partial charge < -0.3 is 9.64 Å². The van der Waals surface area contributed by atoms with Gasteiger partial charge in [-0.2, -0.15) is 0 Å². The number of halogens is 2. The standard InChI is InChI=1S/C20H21Cl2NO4S/c1-28(25,26)16-7-8-18-14(12-16)4-2-10-23(18)20(24)5-3-11-27-19-9-6-15(21)13-17(19)22/h6-9,12-13H,2-5,10-11H2,1H3. The molecule has 0 saturated heterocycles. The lowest BCUT2D eigenvalue weighted by atomic mass is 10.0. The molecule has 3 rings (SSSR count). The van der Waals surface area contributed by atoms with Crippen LogP contribution in [-0.4, -0.2) is 33.7 Å². The third-order valence-corrected chi connectivity index (χ3v) is 6.23. The zero-order valence-electron chi connectivity index (χ0n) is 15.5. The number of carbonyl (C=O) groups excluding carboxylic acids is 1. The molecule has 1 aliphatic heterocycles. The van der Waals surface area contributed by atoms with Crippen molar-refractivity contribution < 1.29 is 17.9 Å². The van der Waals surface area contributed by atoms with Gasteiger partial charge in [-0.15, -0.1) is 0 Å². The highest BCUT2D eigenvalue weighted by atomic mass is 35.5. The van der Waals surface area contributed by atoms with Gasteiger partial charge in [0.25, 0.3) is 0 Å². The Morgan fingerprint density at radius 3 is 2.68 bits per heavy atom. The van der Waals surface area contributed by atoms with E-state index in [1.165, 1.54) is 6.26 Å². The fourth-order valence-corrected chi connectivity index (χ4v) is 4.33. The molecule has 2 aromatic carbocycles. The second kappa shape index (κ2) is 8.72. The number of benzene rings is 2. The number of aryl methyl sites for hydroxylation is 1. The molecule has 1 aliphatic rings. The lowest BCUT2D eigenvalue weighted by molar-refractivity contribution is -0.118. The number of anilines is 1. The van der Waals surface area contributed by atoms with Gasteiger partial charge in [0, 0.05) is 29.9 Å². The molecule has 0 aromatic heterocycles. The Bertz CT molecular complexity index is 992. The lowest BCUT2D eigenvalue weighted by Crippen LogP contribution is -2.35. The summed E-state index contributed by atoms with van der Waals surface area (Å²) in [5.74, 6) is 0.536. The quantitative estimate of drug-likeness (QED) is 0.617. The number of rotatable bonds is 6. The van der Waals surface area contributed by atoms with Gasteiger partial charge in [0.1, 0.15) is 5.75 Å². The summed E-state index contributed by atoms with van der Waals surface area (Å²) in [5, 5.41) is 0.973. The Hall–Kier alpha value is -1.76. The van der Waals surface area contributed by atoms with Crippen LogP contribution in [0.4, 0.5) is 5.69 Å². The molecule has 1 amide bonds. The highest BCUT2D eigenvalue weighted by molar-refractivity contribution is 7.90. The fourth-order valence-electron chi connectivity index (χ4n) is 3.20. The summed E-state index contributed by atoms with van der Waals surface area (Å²) >= 11 is 11.9. The zero-order valence-corrected chi connectivity index (χ0v) is 17.8. The first-order chi connectivity index (χ1) is 13.3. The van der Waals surface area contributed by atoms with Crippen molar-refractivity contribution in [1.82, 2.24) is 0 Å².